The second kappa shape index (κ2) is 3.72. The smallest absolute Gasteiger partial charge is 0.0607 e. The van der Waals surface area contributed by atoms with Gasteiger partial charge >= 0.3 is 0 Å². The van der Waals surface area contributed by atoms with Gasteiger partial charge in [-0.2, -0.15) is 0 Å². The van der Waals surface area contributed by atoms with Crippen LogP contribution < -0.4 is 5.73 Å². The third-order valence-corrected chi connectivity index (χ3v) is 4.40. The van der Waals surface area contributed by atoms with Crippen molar-refractivity contribution in [2.75, 3.05) is 20.2 Å². The highest BCUT2D eigenvalue weighted by atomic mass is 16.5. The van der Waals surface area contributed by atoms with Crippen molar-refractivity contribution in [3.8, 4) is 0 Å². The Labute approximate surface area is 93.0 Å². The Kier molecular flexibility index (Phi) is 2.82. The Morgan fingerprint density at radius 3 is 2.47 bits per heavy atom. The van der Waals surface area contributed by atoms with E-state index in [0.29, 0.717) is 11.6 Å². The molecule has 2 rings (SSSR count). The summed E-state index contributed by atoms with van der Waals surface area (Å²) in [6.45, 7) is 6.67. The molecule has 1 saturated carbocycles. The van der Waals surface area contributed by atoms with Gasteiger partial charge in [0.15, 0.2) is 0 Å². The molecule has 1 aliphatic heterocycles. The molecular weight excluding hydrogens is 188 g/mol. The first kappa shape index (κ1) is 11.4. The van der Waals surface area contributed by atoms with Crippen molar-refractivity contribution in [2.24, 2.45) is 5.73 Å². The summed E-state index contributed by atoms with van der Waals surface area (Å²) in [5, 5.41) is 0. The van der Waals surface area contributed by atoms with Gasteiger partial charge in [-0.05, 0) is 46.1 Å². The fraction of sp³-hybridized carbons (Fsp3) is 1.00. The SMILES string of the molecule is COC1CC(CN)(N2CCCC2(C)C)C1. The van der Waals surface area contributed by atoms with Gasteiger partial charge in [0.25, 0.3) is 0 Å². The zero-order valence-corrected chi connectivity index (χ0v) is 10.3. The van der Waals surface area contributed by atoms with Crippen LogP contribution in [0.4, 0.5) is 0 Å². The molecule has 2 aliphatic rings. The van der Waals surface area contributed by atoms with Crippen molar-refractivity contribution in [3.05, 3.63) is 0 Å². The first-order chi connectivity index (χ1) is 7.04. The van der Waals surface area contributed by atoms with Crippen LogP contribution in [-0.2, 0) is 4.74 Å². The van der Waals surface area contributed by atoms with Crippen molar-refractivity contribution in [1.29, 1.82) is 0 Å². The Balaban J connectivity index is 2.08. The number of hydrogen-bond acceptors (Lipinski definition) is 3. The average molecular weight is 212 g/mol. The number of nitrogens with zero attached hydrogens (tertiary/aromatic N) is 1. The van der Waals surface area contributed by atoms with Gasteiger partial charge in [0.2, 0.25) is 0 Å². The molecule has 0 amide bonds. The van der Waals surface area contributed by atoms with Crippen molar-refractivity contribution in [2.45, 2.75) is 56.7 Å². The molecule has 1 heterocycles. The minimum Gasteiger partial charge on any atom is -0.381 e. The van der Waals surface area contributed by atoms with Crippen LogP contribution >= 0.6 is 0 Å². The lowest BCUT2D eigenvalue weighted by Gasteiger charge is -2.56. The number of nitrogens with two attached hydrogens (primary N) is 1. The molecule has 0 unspecified atom stereocenters. The van der Waals surface area contributed by atoms with Crippen LogP contribution in [-0.4, -0.2) is 42.3 Å². The van der Waals surface area contributed by atoms with Gasteiger partial charge in [0.05, 0.1) is 6.10 Å². The van der Waals surface area contributed by atoms with E-state index in [1.807, 2.05) is 0 Å². The van der Waals surface area contributed by atoms with Crippen molar-refractivity contribution in [1.82, 2.24) is 4.90 Å². The third-order valence-electron chi connectivity index (χ3n) is 4.40. The molecule has 0 aromatic heterocycles. The predicted octanol–water partition coefficient (Wildman–Crippen LogP) is 1.37. The van der Waals surface area contributed by atoms with E-state index in [9.17, 15) is 0 Å². The summed E-state index contributed by atoms with van der Waals surface area (Å²) in [4.78, 5) is 2.63. The fourth-order valence-electron chi connectivity index (χ4n) is 3.44. The quantitative estimate of drug-likeness (QED) is 0.768. The number of likely N-dealkylation sites (tertiary alicyclic amines) is 1. The molecule has 0 aromatic rings. The zero-order chi connectivity index (χ0) is 11.1. The van der Waals surface area contributed by atoms with E-state index in [0.717, 1.165) is 19.4 Å². The lowest BCUT2D eigenvalue weighted by molar-refractivity contribution is -0.107. The monoisotopic (exact) mass is 212 g/mol. The maximum absolute atomic E-state index is 5.99. The molecule has 2 fully saturated rings. The molecule has 0 aromatic carbocycles. The largest absolute Gasteiger partial charge is 0.381 e. The van der Waals surface area contributed by atoms with Gasteiger partial charge in [-0.3, -0.25) is 4.90 Å². The van der Waals surface area contributed by atoms with Gasteiger partial charge in [0, 0.05) is 24.7 Å². The molecule has 3 nitrogen and oxygen atoms in total. The standard InChI is InChI=1S/C12H24N2O/c1-11(2)5-4-6-14(11)12(9-13)7-10(8-12)15-3/h10H,4-9,13H2,1-3H3. The summed E-state index contributed by atoms with van der Waals surface area (Å²) < 4.78 is 5.39. The van der Waals surface area contributed by atoms with Crippen LogP contribution in [0.5, 0.6) is 0 Å². The number of ether oxygens (including phenoxy) is 1. The van der Waals surface area contributed by atoms with Gasteiger partial charge in [-0.1, -0.05) is 0 Å². The second-order valence-electron chi connectivity index (χ2n) is 5.76. The summed E-state index contributed by atoms with van der Waals surface area (Å²) in [5.74, 6) is 0. The number of hydrogen-bond donors (Lipinski definition) is 1. The molecule has 1 aliphatic carbocycles. The van der Waals surface area contributed by atoms with E-state index < -0.39 is 0 Å². The molecule has 3 heteroatoms. The molecular formula is C12H24N2O. The van der Waals surface area contributed by atoms with Gasteiger partial charge in [0.1, 0.15) is 0 Å². The van der Waals surface area contributed by atoms with Crippen LogP contribution in [0.2, 0.25) is 0 Å². The highest BCUT2D eigenvalue weighted by Crippen LogP contribution is 2.45. The molecule has 0 spiro atoms. The molecule has 1 saturated heterocycles. The molecule has 88 valence electrons. The lowest BCUT2D eigenvalue weighted by Crippen LogP contribution is -2.67. The summed E-state index contributed by atoms with van der Waals surface area (Å²) >= 11 is 0. The molecule has 0 atom stereocenters. The minimum atomic E-state index is 0.237. The topological polar surface area (TPSA) is 38.5 Å². The Morgan fingerprint density at radius 2 is 2.07 bits per heavy atom. The summed E-state index contributed by atoms with van der Waals surface area (Å²) in [6, 6.07) is 0. The van der Waals surface area contributed by atoms with Crippen molar-refractivity contribution < 1.29 is 4.74 Å². The van der Waals surface area contributed by atoms with Gasteiger partial charge < -0.3 is 10.5 Å². The van der Waals surface area contributed by atoms with Crippen molar-refractivity contribution >= 4 is 0 Å². The van der Waals surface area contributed by atoms with Crippen LogP contribution in [0, 0.1) is 0 Å². The molecule has 0 bridgehead atoms. The third kappa shape index (κ3) is 1.71. The second-order valence-corrected chi connectivity index (χ2v) is 5.76. The first-order valence-electron chi connectivity index (χ1n) is 6.05. The predicted molar refractivity (Wildman–Crippen MR) is 61.8 cm³/mol. The Morgan fingerprint density at radius 1 is 1.40 bits per heavy atom. The van der Waals surface area contributed by atoms with E-state index in [-0.39, 0.29) is 5.54 Å². The molecule has 15 heavy (non-hydrogen) atoms. The van der Waals surface area contributed by atoms with Crippen LogP contribution in [0.25, 0.3) is 0 Å². The number of methoxy groups -OCH3 is 1. The molecule has 0 radical (unpaired) electrons. The van der Waals surface area contributed by atoms with E-state index in [1.54, 1.807) is 7.11 Å². The maximum atomic E-state index is 5.99. The first-order valence-corrected chi connectivity index (χ1v) is 6.05. The normalized spacial score (nSPS) is 40.4. The van der Waals surface area contributed by atoms with E-state index in [1.165, 1.54) is 19.4 Å². The average Bonchev–Trinajstić information content (AvgIpc) is 2.47. The number of rotatable bonds is 3. The fourth-order valence-corrected chi connectivity index (χ4v) is 3.44. The van der Waals surface area contributed by atoms with Crippen LogP contribution in [0.1, 0.15) is 39.5 Å². The van der Waals surface area contributed by atoms with E-state index in [4.69, 9.17) is 10.5 Å². The summed E-state index contributed by atoms with van der Waals surface area (Å²) in [6.07, 6.45) is 5.27. The van der Waals surface area contributed by atoms with E-state index >= 15 is 0 Å². The van der Waals surface area contributed by atoms with Crippen LogP contribution in [0.3, 0.4) is 0 Å². The maximum Gasteiger partial charge on any atom is 0.0607 e. The van der Waals surface area contributed by atoms with Gasteiger partial charge in [-0.25, -0.2) is 0 Å². The zero-order valence-electron chi connectivity index (χ0n) is 10.3. The summed E-state index contributed by atoms with van der Waals surface area (Å²) in [7, 11) is 1.81. The minimum absolute atomic E-state index is 0.237. The Bertz CT molecular complexity index is 234. The van der Waals surface area contributed by atoms with E-state index in [2.05, 4.69) is 18.7 Å². The summed E-state index contributed by atoms with van der Waals surface area (Å²) in [5.41, 5.74) is 6.56. The Hall–Kier alpha value is -0.120. The highest BCUT2D eigenvalue weighted by molar-refractivity contribution is 5.09. The highest BCUT2D eigenvalue weighted by Gasteiger charge is 2.53. The van der Waals surface area contributed by atoms with Gasteiger partial charge in [-0.15, -0.1) is 0 Å². The lowest BCUT2D eigenvalue weighted by atomic mass is 9.71. The van der Waals surface area contributed by atoms with Crippen molar-refractivity contribution in [3.63, 3.8) is 0 Å². The molecule has 2 N–H and O–H groups in total. The van der Waals surface area contributed by atoms with Crippen LogP contribution in [0.15, 0.2) is 0 Å².